The van der Waals surface area contributed by atoms with E-state index in [-0.39, 0.29) is 5.41 Å². The number of hydrogen-bond donors (Lipinski definition) is 0. The third-order valence-electron chi connectivity index (χ3n) is 12.3. The Morgan fingerprint density at radius 2 is 1.14 bits per heavy atom. The fraction of sp³-hybridized carbons (Fsp3) is 0.0566. The van der Waals surface area contributed by atoms with Crippen molar-refractivity contribution < 1.29 is 0 Å². The van der Waals surface area contributed by atoms with Crippen LogP contribution < -0.4 is 4.90 Å². The fourth-order valence-corrected chi connectivity index (χ4v) is 9.45. The van der Waals surface area contributed by atoms with Crippen molar-refractivity contribution >= 4 is 66.5 Å². The molecule has 5 heteroatoms. The molecule has 0 saturated carbocycles. The van der Waals surface area contributed by atoms with Gasteiger partial charge in [0.25, 0.3) is 0 Å². The minimum absolute atomic E-state index is 0.150. The lowest BCUT2D eigenvalue weighted by Crippen LogP contribution is -2.18. The van der Waals surface area contributed by atoms with E-state index in [2.05, 4.69) is 216 Å². The smallest absolute Gasteiger partial charge is 0.221 e. The zero-order valence-electron chi connectivity index (χ0n) is 32.1. The summed E-state index contributed by atoms with van der Waals surface area (Å²) in [7, 11) is 0. The van der Waals surface area contributed by atoms with Gasteiger partial charge in [0.15, 0.2) is 0 Å². The van der Waals surface area contributed by atoms with Gasteiger partial charge in [-0.3, -0.25) is 9.30 Å². The summed E-state index contributed by atoms with van der Waals surface area (Å²) in [5.74, 6) is 0.776. The molecule has 8 aromatic carbocycles. The van der Waals surface area contributed by atoms with E-state index in [0.29, 0.717) is 0 Å². The number of fused-ring (bicyclic) bond motifs is 10. The van der Waals surface area contributed by atoms with Crippen molar-refractivity contribution in [2.24, 2.45) is 0 Å². The number of anilines is 3. The van der Waals surface area contributed by atoms with E-state index in [1.165, 1.54) is 44.1 Å². The zero-order valence-corrected chi connectivity index (χ0v) is 32.1. The van der Waals surface area contributed by atoms with Crippen LogP contribution in [0.15, 0.2) is 188 Å². The Hall–Kier alpha value is -7.50. The molecular weight excluding hydrogens is 707 g/mol. The van der Waals surface area contributed by atoms with Gasteiger partial charge in [-0.15, -0.1) is 0 Å². The van der Waals surface area contributed by atoms with Crippen molar-refractivity contribution in [3.8, 4) is 28.1 Å². The molecule has 0 fully saturated rings. The zero-order chi connectivity index (χ0) is 38.5. The van der Waals surface area contributed by atoms with Gasteiger partial charge in [0.05, 0.1) is 22.2 Å². The van der Waals surface area contributed by atoms with E-state index in [9.17, 15) is 0 Å². The molecule has 12 rings (SSSR count). The molecule has 0 atom stereocenters. The van der Waals surface area contributed by atoms with Crippen LogP contribution in [0.2, 0.25) is 0 Å². The Kier molecular flexibility index (Phi) is 6.91. The lowest BCUT2D eigenvalue weighted by molar-refractivity contribution is 0.660. The van der Waals surface area contributed by atoms with Gasteiger partial charge in [-0.25, -0.2) is 9.97 Å². The minimum Gasteiger partial charge on any atom is -0.309 e. The molecule has 58 heavy (non-hydrogen) atoms. The summed E-state index contributed by atoms with van der Waals surface area (Å²) in [4.78, 5) is 13.3. The van der Waals surface area contributed by atoms with Crippen molar-refractivity contribution in [3.05, 3.63) is 199 Å². The van der Waals surface area contributed by atoms with Crippen LogP contribution in [0.5, 0.6) is 0 Å². The van der Waals surface area contributed by atoms with Crippen LogP contribution in [0.1, 0.15) is 25.0 Å². The third kappa shape index (κ3) is 4.77. The highest BCUT2D eigenvalue weighted by molar-refractivity contribution is 6.09. The average Bonchev–Trinajstić information content (AvgIpc) is 3.93. The summed E-state index contributed by atoms with van der Waals surface area (Å²) >= 11 is 0. The summed E-state index contributed by atoms with van der Waals surface area (Å²) in [5.41, 5.74) is 14.4. The standard InChI is InChI=1S/C53H37N5/c1-53(2)45-21-11-8-18-40(45)41-29-28-39(32-46(41)53)57(37-16-4-3-5-17-37)52-55-47-31-36-15-7-6-14-35(36)30-44(47)51-54-48(33-56(51)52)34-24-26-38(27-25-34)58-49-22-12-9-19-42(49)43-20-10-13-23-50(43)58/h3-33H,1-2H3. The van der Waals surface area contributed by atoms with E-state index in [0.717, 1.165) is 61.6 Å². The van der Waals surface area contributed by atoms with E-state index >= 15 is 0 Å². The average molecular weight is 744 g/mol. The first-order chi connectivity index (χ1) is 28.5. The summed E-state index contributed by atoms with van der Waals surface area (Å²) in [5, 5.41) is 5.82. The monoisotopic (exact) mass is 743 g/mol. The van der Waals surface area contributed by atoms with Gasteiger partial charge < -0.3 is 4.57 Å². The molecule has 0 N–H and O–H groups in total. The van der Waals surface area contributed by atoms with Gasteiger partial charge in [-0.05, 0) is 93.7 Å². The van der Waals surface area contributed by atoms with Crippen LogP contribution in [-0.2, 0) is 5.41 Å². The first kappa shape index (κ1) is 32.7. The van der Waals surface area contributed by atoms with Gasteiger partial charge in [0.2, 0.25) is 5.95 Å². The Bertz CT molecular complexity index is 3370. The Morgan fingerprint density at radius 1 is 0.500 bits per heavy atom. The lowest BCUT2D eigenvalue weighted by Gasteiger charge is -2.28. The fourth-order valence-electron chi connectivity index (χ4n) is 9.45. The van der Waals surface area contributed by atoms with Crippen LogP contribution >= 0.6 is 0 Å². The molecule has 1 aliphatic rings. The molecule has 0 amide bonds. The summed E-state index contributed by atoms with van der Waals surface area (Å²) in [6.07, 6.45) is 2.16. The SMILES string of the molecule is CC1(C)c2ccccc2-c2ccc(N(c3ccccc3)c3nc4cc5ccccc5cc4c4nc(-c5ccc(-n6c7ccccc7c7ccccc76)cc5)cn34)cc21. The topological polar surface area (TPSA) is 38.4 Å². The van der Waals surface area contributed by atoms with Gasteiger partial charge in [0.1, 0.15) is 5.65 Å². The first-order valence-electron chi connectivity index (χ1n) is 19.9. The van der Waals surface area contributed by atoms with Crippen molar-refractivity contribution in [1.82, 2.24) is 18.9 Å². The van der Waals surface area contributed by atoms with Crippen molar-refractivity contribution in [1.29, 1.82) is 0 Å². The van der Waals surface area contributed by atoms with Crippen LogP contribution in [-0.4, -0.2) is 18.9 Å². The summed E-state index contributed by atoms with van der Waals surface area (Å²) in [6, 6.07) is 65.3. The molecular formula is C53H37N5. The Balaban J connectivity index is 1.07. The molecule has 0 bridgehead atoms. The highest BCUT2D eigenvalue weighted by Gasteiger charge is 2.36. The normalized spacial score (nSPS) is 13.1. The number of aromatic nitrogens is 4. The molecule has 274 valence electrons. The van der Waals surface area contributed by atoms with Gasteiger partial charge in [-0.2, -0.15) is 0 Å². The minimum atomic E-state index is -0.150. The number of imidazole rings is 1. The Labute approximate surface area is 335 Å². The van der Waals surface area contributed by atoms with Gasteiger partial charge in [0, 0.05) is 50.4 Å². The quantitative estimate of drug-likeness (QED) is 0.165. The molecule has 0 radical (unpaired) electrons. The summed E-state index contributed by atoms with van der Waals surface area (Å²) < 4.78 is 4.54. The number of rotatable bonds is 5. The first-order valence-corrected chi connectivity index (χ1v) is 19.9. The maximum atomic E-state index is 5.53. The van der Waals surface area contributed by atoms with Crippen LogP contribution in [0, 0.1) is 0 Å². The van der Waals surface area contributed by atoms with Crippen molar-refractivity contribution in [3.63, 3.8) is 0 Å². The van der Waals surface area contributed by atoms with Crippen LogP contribution in [0.3, 0.4) is 0 Å². The van der Waals surface area contributed by atoms with E-state index in [1.807, 2.05) is 0 Å². The molecule has 0 saturated heterocycles. The highest BCUT2D eigenvalue weighted by atomic mass is 15.3. The predicted molar refractivity (Wildman–Crippen MR) is 240 cm³/mol. The van der Waals surface area contributed by atoms with Crippen molar-refractivity contribution in [2.45, 2.75) is 19.3 Å². The lowest BCUT2D eigenvalue weighted by atomic mass is 9.82. The highest BCUT2D eigenvalue weighted by Crippen LogP contribution is 2.50. The van der Waals surface area contributed by atoms with Crippen LogP contribution in [0.25, 0.3) is 77.2 Å². The number of para-hydroxylation sites is 3. The van der Waals surface area contributed by atoms with E-state index in [4.69, 9.17) is 9.97 Å². The molecule has 0 unspecified atom stereocenters. The second-order valence-corrected chi connectivity index (χ2v) is 15.9. The number of nitrogens with zero attached hydrogens (tertiary/aromatic N) is 5. The van der Waals surface area contributed by atoms with E-state index < -0.39 is 0 Å². The number of benzene rings is 8. The molecule has 0 aliphatic heterocycles. The van der Waals surface area contributed by atoms with Crippen LogP contribution in [0.4, 0.5) is 17.3 Å². The molecule has 3 aromatic heterocycles. The maximum Gasteiger partial charge on any atom is 0.221 e. The molecule has 0 spiro atoms. The summed E-state index contributed by atoms with van der Waals surface area (Å²) in [6.45, 7) is 4.67. The predicted octanol–water partition coefficient (Wildman–Crippen LogP) is 13.6. The second kappa shape index (κ2) is 12.2. The van der Waals surface area contributed by atoms with Gasteiger partial charge in [-0.1, -0.05) is 135 Å². The molecule has 11 aromatic rings. The van der Waals surface area contributed by atoms with Gasteiger partial charge >= 0.3 is 0 Å². The van der Waals surface area contributed by atoms with E-state index in [1.54, 1.807) is 0 Å². The number of hydrogen-bond acceptors (Lipinski definition) is 3. The molecule has 5 nitrogen and oxygen atoms in total. The third-order valence-corrected chi connectivity index (χ3v) is 12.3. The Morgan fingerprint density at radius 3 is 1.90 bits per heavy atom. The maximum absolute atomic E-state index is 5.53. The second-order valence-electron chi connectivity index (χ2n) is 15.9. The largest absolute Gasteiger partial charge is 0.309 e. The molecule has 1 aliphatic carbocycles. The van der Waals surface area contributed by atoms with Crippen molar-refractivity contribution in [2.75, 3.05) is 4.90 Å². The molecule has 3 heterocycles.